The van der Waals surface area contributed by atoms with E-state index in [-0.39, 0.29) is 30.8 Å². The van der Waals surface area contributed by atoms with E-state index in [2.05, 4.69) is 12.2 Å². The number of carbonyl (C=O) groups is 2. The van der Waals surface area contributed by atoms with E-state index in [0.717, 1.165) is 29.5 Å². The van der Waals surface area contributed by atoms with Gasteiger partial charge in [0.25, 0.3) is 5.91 Å². The molecule has 6 heteroatoms. The summed E-state index contributed by atoms with van der Waals surface area (Å²) in [6, 6.07) is 11.0. The van der Waals surface area contributed by atoms with Crippen LogP contribution in [0.15, 0.2) is 42.5 Å². The zero-order valence-electron chi connectivity index (χ0n) is 18.9. The molecule has 0 aromatic heterocycles. The van der Waals surface area contributed by atoms with E-state index in [1.807, 2.05) is 39.0 Å². The minimum Gasteiger partial charge on any atom is -0.484 e. The van der Waals surface area contributed by atoms with Crippen LogP contribution in [0, 0.1) is 19.7 Å². The Bertz CT molecular complexity index is 868. The van der Waals surface area contributed by atoms with Crippen molar-refractivity contribution in [1.82, 2.24) is 10.2 Å². The van der Waals surface area contributed by atoms with Gasteiger partial charge in [-0.25, -0.2) is 4.39 Å². The Hall–Kier alpha value is -2.89. The van der Waals surface area contributed by atoms with Crippen LogP contribution in [0.5, 0.6) is 5.75 Å². The molecule has 0 aliphatic heterocycles. The molecule has 2 rings (SSSR count). The minimum atomic E-state index is -0.627. The molecular weight excluding hydrogens is 395 g/mol. The maximum Gasteiger partial charge on any atom is 0.261 e. The topological polar surface area (TPSA) is 58.6 Å². The van der Waals surface area contributed by atoms with Gasteiger partial charge < -0.3 is 15.0 Å². The van der Waals surface area contributed by atoms with Gasteiger partial charge in [-0.15, -0.1) is 0 Å². The number of unbranched alkanes of at least 4 members (excludes halogenated alkanes) is 1. The zero-order chi connectivity index (χ0) is 22.8. The fourth-order valence-electron chi connectivity index (χ4n) is 3.24. The van der Waals surface area contributed by atoms with Crippen LogP contribution >= 0.6 is 0 Å². The van der Waals surface area contributed by atoms with E-state index in [0.29, 0.717) is 18.7 Å². The Balaban J connectivity index is 2.17. The number of amides is 2. The van der Waals surface area contributed by atoms with E-state index in [1.165, 1.54) is 17.0 Å². The van der Waals surface area contributed by atoms with Crippen LogP contribution < -0.4 is 10.1 Å². The van der Waals surface area contributed by atoms with Crippen molar-refractivity contribution >= 4 is 11.8 Å². The smallest absolute Gasteiger partial charge is 0.261 e. The van der Waals surface area contributed by atoms with Gasteiger partial charge in [0, 0.05) is 13.1 Å². The molecule has 2 aromatic rings. The van der Waals surface area contributed by atoms with E-state index in [9.17, 15) is 14.0 Å². The van der Waals surface area contributed by atoms with Crippen LogP contribution in [-0.4, -0.2) is 35.9 Å². The second-order valence-corrected chi connectivity index (χ2v) is 7.75. The summed E-state index contributed by atoms with van der Waals surface area (Å²) in [5.41, 5.74) is 2.97. The second kappa shape index (κ2) is 12.1. The number of halogens is 1. The van der Waals surface area contributed by atoms with Crippen LogP contribution in [0.2, 0.25) is 0 Å². The molecule has 0 bridgehead atoms. The fourth-order valence-corrected chi connectivity index (χ4v) is 3.24. The zero-order valence-corrected chi connectivity index (χ0v) is 18.9. The molecule has 0 aliphatic rings. The molecule has 0 saturated heterocycles. The number of hydrogen-bond acceptors (Lipinski definition) is 3. The summed E-state index contributed by atoms with van der Waals surface area (Å²) in [5.74, 6) is -0.208. The van der Waals surface area contributed by atoms with Crippen LogP contribution in [0.4, 0.5) is 4.39 Å². The van der Waals surface area contributed by atoms with Crippen molar-refractivity contribution in [3.63, 3.8) is 0 Å². The Morgan fingerprint density at radius 2 is 1.77 bits per heavy atom. The normalized spacial score (nSPS) is 11.6. The monoisotopic (exact) mass is 428 g/mol. The van der Waals surface area contributed by atoms with E-state index >= 15 is 0 Å². The van der Waals surface area contributed by atoms with Crippen molar-refractivity contribution in [2.24, 2.45) is 0 Å². The molecule has 31 heavy (non-hydrogen) atoms. The fraction of sp³-hybridized carbons (Fsp3) is 0.440. The lowest BCUT2D eigenvalue weighted by Gasteiger charge is -2.30. The van der Waals surface area contributed by atoms with Gasteiger partial charge in [0.2, 0.25) is 5.91 Å². The molecule has 0 spiro atoms. The van der Waals surface area contributed by atoms with Crippen molar-refractivity contribution in [1.29, 1.82) is 0 Å². The lowest BCUT2D eigenvalue weighted by molar-refractivity contribution is -0.143. The summed E-state index contributed by atoms with van der Waals surface area (Å²) in [6.07, 6.45) is 2.32. The molecule has 0 saturated carbocycles. The molecule has 0 aliphatic carbocycles. The number of nitrogens with zero attached hydrogens (tertiary/aromatic N) is 1. The van der Waals surface area contributed by atoms with Crippen molar-refractivity contribution < 1.29 is 18.7 Å². The van der Waals surface area contributed by atoms with Crippen LogP contribution in [-0.2, 0) is 16.1 Å². The van der Waals surface area contributed by atoms with Crippen molar-refractivity contribution in [2.45, 2.75) is 59.5 Å². The number of nitrogens with one attached hydrogen (secondary N) is 1. The lowest BCUT2D eigenvalue weighted by Crippen LogP contribution is -2.50. The van der Waals surface area contributed by atoms with Gasteiger partial charge in [-0.3, -0.25) is 9.59 Å². The lowest BCUT2D eigenvalue weighted by atomic mass is 10.1. The van der Waals surface area contributed by atoms with Crippen LogP contribution in [0.1, 0.15) is 49.8 Å². The summed E-state index contributed by atoms with van der Waals surface area (Å²) in [7, 11) is 0. The van der Waals surface area contributed by atoms with Crippen molar-refractivity contribution in [3.05, 3.63) is 65.0 Å². The maximum atomic E-state index is 13.3. The molecule has 2 amide bonds. The molecule has 0 fully saturated rings. The van der Waals surface area contributed by atoms with Crippen molar-refractivity contribution in [2.75, 3.05) is 13.2 Å². The minimum absolute atomic E-state index is 0.178. The Morgan fingerprint density at radius 3 is 2.39 bits per heavy atom. The first-order valence-electron chi connectivity index (χ1n) is 10.9. The number of rotatable bonds is 11. The first-order chi connectivity index (χ1) is 14.8. The molecule has 168 valence electrons. The largest absolute Gasteiger partial charge is 0.484 e. The summed E-state index contributed by atoms with van der Waals surface area (Å²) >= 11 is 0. The Morgan fingerprint density at radius 1 is 1.06 bits per heavy atom. The molecule has 0 heterocycles. The first-order valence-corrected chi connectivity index (χ1v) is 10.9. The highest BCUT2D eigenvalue weighted by atomic mass is 19.1. The highest BCUT2D eigenvalue weighted by Crippen LogP contribution is 2.18. The molecular formula is C25H33FN2O3. The number of ether oxygens (including phenoxy) is 1. The standard InChI is InChI=1S/C25H33FN2O3/c1-5-7-14-27-25(30)23(6-2)28(16-20-9-11-21(26)12-10-20)24(29)17-31-22-13-8-18(3)19(4)15-22/h8-13,15,23H,5-7,14,16-17H2,1-4H3,(H,27,30). The number of aryl methyl sites for hydroxylation is 2. The van der Waals surface area contributed by atoms with Gasteiger partial charge in [-0.2, -0.15) is 0 Å². The number of benzene rings is 2. The van der Waals surface area contributed by atoms with E-state index in [4.69, 9.17) is 4.74 Å². The van der Waals surface area contributed by atoms with Gasteiger partial charge in [-0.05, 0) is 67.6 Å². The quantitative estimate of drug-likeness (QED) is 0.535. The van der Waals surface area contributed by atoms with Gasteiger partial charge in [0.05, 0.1) is 0 Å². The number of hydrogen-bond donors (Lipinski definition) is 1. The van der Waals surface area contributed by atoms with E-state index in [1.54, 1.807) is 12.1 Å². The van der Waals surface area contributed by atoms with Crippen LogP contribution in [0.25, 0.3) is 0 Å². The molecule has 1 unspecified atom stereocenters. The molecule has 1 N–H and O–H groups in total. The van der Waals surface area contributed by atoms with Gasteiger partial charge in [-0.1, -0.05) is 38.5 Å². The summed E-state index contributed by atoms with van der Waals surface area (Å²) in [6.45, 7) is 8.52. The number of carbonyl (C=O) groups excluding carboxylic acids is 2. The van der Waals surface area contributed by atoms with Gasteiger partial charge in [0.1, 0.15) is 17.6 Å². The Kier molecular flexibility index (Phi) is 9.50. The van der Waals surface area contributed by atoms with E-state index < -0.39 is 6.04 Å². The third-order valence-electron chi connectivity index (χ3n) is 5.32. The first kappa shape index (κ1) is 24.4. The average Bonchev–Trinajstić information content (AvgIpc) is 2.75. The summed E-state index contributed by atoms with van der Waals surface area (Å²) in [5, 5.41) is 2.92. The molecule has 1 atom stereocenters. The van der Waals surface area contributed by atoms with Gasteiger partial charge in [0.15, 0.2) is 6.61 Å². The molecule has 5 nitrogen and oxygen atoms in total. The van der Waals surface area contributed by atoms with Gasteiger partial charge >= 0.3 is 0 Å². The second-order valence-electron chi connectivity index (χ2n) is 7.75. The molecule has 0 radical (unpaired) electrons. The van der Waals surface area contributed by atoms with Crippen LogP contribution in [0.3, 0.4) is 0 Å². The summed E-state index contributed by atoms with van der Waals surface area (Å²) in [4.78, 5) is 27.4. The highest BCUT2D eigenvalue weighted by Gasteiger charge is 2.28. The SMILES string of the molecule is CCCCNC(=O)C(CC)N(Cc1ccc(F)cc1)C(=O)COc1ccc(C)c(C)c1. The maximum absolute atomic E-state index is 13.3. The predicted molar refractivity (Wildman–Crippen MR) is 120 cm³/mol. The third kappa shape index (κ3) is 7.39. The average molecular weight is 429 g/mol. The summed E-state index contributed by atoms with van der Waals surface area (Å²) < 4.78 is 19.0. The predicted octanol–water partition coefficient (Wildman–Crippen LogP) is 4.55. The molecule has 2 aromatic carbocycles. The Labute approximate surface area is 184 Å². The van der Waals surface area contributed by atoms with Crippen molar-refractivity contribution in [3.8, 4) is 5.75 Å². The highest BCUT2D eigenvalue weighted by molar-refractivity contribution is 5.88. The third-order valence-corrected chi connectivity index (χ3v) is 5.32.